The molecule has 1 N–H and O–H groups in total. The largest absolute Gasteiger partial charge is 0.453 e. The third kappa shape index (κ3) is 2.49. The molecule has 0 aromatic heterocycles. The van der Waals surface area contributed by atoms with Crippen LogP contribution in [-0.4, -0.2) is 19.1 Å². The zero-order valence-corrected chi connectivity index (χ0v) is 7.71. The van der Waals surface area contributed by atoms with E-state index in [2.05, 4.69) is 4.74 Å². The molecule has 0 radical (unpaired) electrons. The summed E-state index contributed by atoms with van der Waals surface area (Å²) in [5.41, 5.74) is -0.817. The fourth-order valence-corrected chi connectivity index (χ4v) is 0.921. The molecule has 0 fully saturated rings. The monoisotopic (exact) mass is 215 g/mol. The molecule has 0 saturated carbocycles. The number of carbonyl (C=O) groups is 2. The fourth-order valence-electron chi connectivity index (χ4n) is 0.921. The molecule has 0 spiro atoms. The van der Waals surface area contributed by atoms with Crippen LogP contribution in [0.2, 0.25) is 0 Å². The maximum Gasteiger partial charge on any atom is 0.413 e. The Hall–Kier alpha value is -1.98. The summed E-state index contributed by atoms with van der Waals surface area (Å²) in [4.78, 5) is 21.8. The number of imide groups is 1. The Bertz CT molecular complexity index is 386. The lowest BCUT2D eigenvalue weighted by molar-refractivity contribution is 0.0929. The van der Waals surface area contributed by atoms with Crippen molar-refractivity contribution in [3.8, 4) is 0 Å². The van der Waals surface area contributed by atoms with Crippen molar-refractivity contribution >= 4 is 12.0 Å². The van der Waals surface area contributed by atoms with Crippen LogP contribution in [-0.2, 0) is 4.74 Å². The van der Waals surface area contributed by atoms with Gasteiger partial charge in [0.05, 0.1) is 7.11 Å². The third-order valence-electron chi connectivity index (χ3n) is 1.59. The molecular weight excluding hydrogens is 208 g/mol. The third-order valence-corrected chi connectivity index (χ3v) is 1.59. The second kappa shape index (κ2) is 4.50. The minimum absolute atomic E-state index is 0.817. The van der Waals surface area contributed by atoms with Gasteiger partial charge in [-0.3, -0.25) is 10.1 Å². The maximum absolute atomic E-state index is 13.0. The first kappa shape index (κ1) is 11.1. The highest BCUT2D eigenvalue weighted by Gasteiger charge is 2.18. The lowest BCUT2D eigenvalue weighted by Gasteiger charge is -2.04. The summed E-state index contributed by atoms with van der Waals surface area (Å²) in [6.07, 6.45) is -1.08. The Kier molecular flexibility index (Phi) is 3.33. The number of methoxy groups -OCH3 is 1. The average Bonchev–Trinajstić information content (AvgIpc) is 2.17. The van der Waals surface area contributed by atoms with Gasteiger partial charge in [0.1, 0.15) is 17.2 Å². The summed E-state index contributed by atoms with van der Waals surface area (Å²) in [7, 11) is 1.03. The van der Waals surface area contributed by atoms with Gasteiger partial charge in [-0.05, 0) is 12.1 Å². The summed E-state index contributed by atoms with van der Waals surface area (Å²) >= 11 is 0. The first-order valence-corrected chi connectivity index (χ1v) is 3.89. The molecular formula is C9H7F2NO3. The van der Waals surface area contributed by atoms with E-state index in [-0.39, 0.29) is 0 Å². The smallest absolute Gasteiger partial charge is 0.413 e. The molecule has 4 nitrogen and oxygen atoms in total. The first-order chi connectivity index (χ1) is 7.06. The summed E-state index contributed by atoms with van der Waals surface area (Å²) in [6, 6.07) is 2.93. The second-order valence-electron chi connectivity index (χ2n) is 2.54. The molecule has 1 aromatic rings. The Balaban J connectivity index is 2.96. The number of hydrogen-bond donors (Lipinski definition) is 1. The van der Waals surface area contributed by atoms with E-state index in [0.717, 1.165) is 25.3 Å². The lowest BCUT2D eigenvalue weighted by Crippen LogP contribution is -2.31. The number of ether oxygens (including phenoxy) is 1. The van der Waals surface area contributed by atoms with Gasteiger partial charge in [0.15, 0.2) is 0 Å². The average molecular weight is 215 g/mol. The van der Waals surface area contributed by atoms with Crippen LogP contribution in [0.25, 0.3) is 0 Å². The number of amides is 2. The predicted octanol–water partition coefficient (Wildman–Crippen LogP) is 1.46. The van der Waals surface area contributed by atoms with Gasteiger partial charge in [-0.2, -0.15) is 0 Å². The van der Waals surface area contributed by atoms with Gasteiger partial charge in [0, 0.05) is 0 Å². The van der Waals surface area contributed by atoms with Crippen molar-refractivity contribution in [3.63, 3.8) is 0 Å². The standard InChI is InChI=1S/C9H7F2NO3/c1-15-9(14)12-8(13)7-5(10)3-2-4-6(7)11/h2-4H,1H3,(H,12,13,14). The number of rotatable bonds is 1. The quantitative estimate of drug-likeness (QED) is 0.771. The van der Waals surface area contributed by atoms with Crippen LogP contribution >= 0.6 is 0 Å². The van der Waals surface area contributed by atoms with Crippen molar-refractivity contribution in [1.29, 1.82) is 0 Å². The molecule has 0 saturated heterocycles. The van der Waals surface area contributed by atoms with Crippen molar-refractivity contribution in [2.24, 2.45) is 0 Å². The van der Waals surface area contributed by atoms with Crippen LogP contribution in [0.5, 0.6) is 0 Å². The Labute approximate surface area is 83.8 Å². The van der Waals surface area contributed by atoms with Crippen LogP contribution in [0.15, 0.2) is 18.2 Å². The molecule has 1 rings (SSSR count). The molecule has 0 heterocycles. The van der Waals surface area contributed by atoms with E-state index in [4.69, 9.17) is 0 Å². The van der Waals surface area contributed by atoms with E-state index >= 15 is 0 Å². The highest BCUT2D eigenvalue weighted by Crippen LogP contribution is 2.11. The van der Waals surface area contributed by atoms with Crippen LogP contribution in [0, 0.1) is 11.6 Å². The Morgan fingerprint density at radius 1 is 1.27 bits per heavy atom. The van der Waals surface area contributed by atoms with Crippen molar-refractivity contribution in [2.45, 2.75) is 0 Å². The van der Waals surface area contributed by atoms with Crippen molar-refractivity contribution in [1.82, 2.24) is 5.32 Å². The molecule has 1 aromatic carbocycles. The van der Waals surface area contributed by atoms with Crippen LogP contribution in [0.3, 0.4) is 0 Å². The number of alkyl carbamates (subject to hydrolysis) is 1. The van der Waals surface area contributed by atoms with Crippen LogP contribution in [0.4, 0.5) is 13.6 Å². The molecule has 0 bridgehead atoms. The van der Waals surface area contributed by atoms with E-state index in [1.807, 2.05) is 0 Å². The number of benzene rings is 1. The van der Waals surface area contributed by atoms with Crippen LogP contribution < -0.4 is 5.32 Å². The predicted molar refractivity (Wildman–Crippen MR) is 46.2 cm³/mol. The lowest BCUT2D eigenvalue weighted by atomic mass is 10.2. The molecule has 0 atom stereocenters. The van der Waals surface area contributed by atoms with Crippen LogP contribution in [0.1, 0.15) is 10.4 Å². The summed E-state index contributed by atoms with van der Waals surface area (Å²) in [5.74, 6) is -3.27. The van der Waals surface area contributed by atoms with E-state index in [0.29, 0.717) is 0 Å². The van der Waals surface area contributed by atoms with Gasteiger partial charge < -0.3 is 4.74 Å². The maximum atomic E-state index is 13.0. The molecule has 15 heavy (non-hydrogen) atoms. The van der Waals surface area contributed by atoms with Crippen molar-refractivity contribution in [3.05, 3.63) is 35.4 Å². The molecule has 0 unspecified atom stereocenters. The summed E-state index contributed by atoms with van der Waals surface area (Å²) < 4.78 is 30.1. The zero-order chi connectivity index (χ0) is 11.4. The zero-order valence-electron chi connectivity index (χ0n) is 7.71. The second-order valence-corrected chi connectivity index (χ2v) is 2.54. The minimum Gasteiger partial charge on any atom is -0.453 e. The van der Waals surface area contributed by atoms with Gasteiger partial charge in [0.2, 0.25) is 0 Å². The van der Waals surface area contributed by atoms with E-state index < -0.39 is 29.2 Å². The number of hydrogen-bond acceptors (Lipinski definition) is 3. The summed E-state index contributed by atoms with van der Waals surface area (Å²) in [6.45, 7) is 0. The number of halogens is 2. The molecule has 0 aliphatic rings. The normalized spacial score (nSPS) is 9.53. The van der Waals surface area contributed by atoms with Crippen molar-refractivity contribution in [2.75, 3.05) is 7.11 Å². The molecule has 2 amide bonds. The van der Waals surface area contributed by atoms with Gasteiger partial charge >= 0.3 is 6.09 Å². The minimum atomic E-state index is -1.18. The van der Waals surface area contributed by atoms with Gasteiger partial charge in [-0.1, -0.05) is 6.07 Å². The number of carbonyl (C=O) groups excluding carboxylic acids is 2. The van der Waals surface area contributed by atoms with E-state index in [9.17, 15) is 18.4 Å². The SMILES string of the molecule is COC(=O)NC(=O)c1c(F)cccc1F. The van der Waals surface area contributed by atoms with Gasteiger partial charge in [-0.15, -0.1) is 0 Å². The molecule has 0 aliphatic carbocycles. The first-order valence-electron chi connectivity index (χ1n) is 3.89. The topological polar surface area (TPSA) is 55.4 Å². The molecule has 6 heteroatoms. The molecule has 80 valence electrons. The molecule has 0 aliphatic heterocycles. The Morgan fingerprint density at radius 2 is 1.80 bits per heavy atom. The highest BCUT2D eigenvalue weighted by molar-refractivity contribution is 6.03. The van der Waals surface area contributed by atoms with Gasteiger partial charge in [0.25, 0.3) is 5.91 Å². The highest BCUT2D eigenvalue weighted by atomic mass is 19.1. The number of nitrogens with one attached hydrogen (secondary N) is 1. The van der Waals surface area contributed by atoms with E-state index in [1.165, 1.54) is 0 Å². The van der Waals surface area contributed by atoms with Gasteiger partial charge in [-0.25, -0.2) is 13.6 Å². The summed E-state index contributed by atoms with van der Waals surface area (Å²) in [5, 5.41) is 1.65. The fraction of sp³-hybridized carbons (Fsp3) is 0.111. The van der Waals surface area contributed by atoms with Crippen molar-refractivity contribution < 1.29 is 23.1 Å². The Morgan fingerprint density at radius 3 is 2.27 bits per heavy atom. The van der Waals surface area contributed by atoms with E-state index in [1.54, 1.807) is 5.32 Å².